The Morgan fingerprint density at radius 2 is 1.84 bits per heavy atom. The van der Waals surface area contributed by atoms with E-state index in [4.69, 9.17) is 10.5 Å². The number of hydrogen-bond acceptors (Lipinski definition) is 3. The van der Waals surface area contributed by atoms with Crippen LogP contribution in [-0.4, -0.2) is 26.2 Å². The van der Waals surface area contributed by atoms with Gasteiger partial charge in [-0.05, 0) is 49.5 Å². The van der Waals surface area contributed by atoms with E-state index >= 15 is 0 Å². The molecule has 1 fully saturated rings. The summed E-state index contributed by atoms with van der Waals surface area (Å²) in [6.45, 7) is 7.93. The Kier molecular flexibility index (Phi) is 4.83. The number of nitrogens with two attached hydrogens (primary N) is 1. The van der Waals surface area contributed by atoms with Crippen molar-refractivity contribution in [3.8, 4) is 5.75 Å². The molecule has 2 rings (SSSR count). The maximum Gasteiger partial charge on any atom is 0.119 e. The summed E-state index contributed by atoms with van der Waals surface area (Å²) in [4.78, 5) is 0. The molecule has 3 heteroatoms. The monoisotopic (exact) mass is 262 g/mol. The molecule has 0 amide bonds. The molecule has 0 atom stereocenters. The molecule has 1 aromatic carbocycles. The van der Waals surface area contributed by atoms with Crippen LogP contribution in [0.25, 0.3) is 0 Å². The summed E-state index contributed by atoms with van der Waals surface area (Å²) in [7, 11) is 0. The molecule has 1 saturated heterocycles. The van der Waals surface area contributed by atoms with Crippen molar-refractivity contribution in [2.75, 3.05) is 26.2 Å². The number of nitrogens with one attached hydrogen (secondary N) is 1. The van der Waals surface area contributed by atoms with Gasteiger partial charge in [0, 0.05) is 12.0 Å². The Hall–Kier alpha value is -1.06. The number of hydrogen-bond donors (Lipinski definition) is 2. The van der Waals surface area contributed by atoms with Gasteiger partial charge in [-0.25, -0.2) is 0 Å². The van der Waals surface area contributed by atoms with Gasteiger partial charge in [-0.3, -0.25) is 0 Å². The Morgan fingerprint density at radius 1 is 1.21 bits per heavy atom. The van der Waals surface area contributed by atoms with Gasteiger partial charge < -0.3 is 15.8 Å². The molecule has 1 aromatic rings. The second-order valence-corrected chi connectivity index (χ2v) is 5.96. The molecule has 0 unspecified atom stereocenters. The first-order valence-electron chi connectivity index (χ1n) is 7.30. The zero-order valence-electron chi connectivity index (χ0n) is 12.1. The SMILES string of the molecule is CC(C)COc1ccc(C2(CN)CCNCC2)cc1. The summed E-state index contributed by atoms with van der Waals surface area (Å²) >= 11 is 0. The Morgan fingerprint density at radius 3 is 2.37 bits per heavy atom. The van der Waals surface area contributed by atoms with E-state index < -0.39 is 0 Å². The predicted octanol–water partition coefficient (Wildman–Crippen LogP) is 2.30. The van der Waals surface area contributed by atoms with Crippen LogP contribution in [0.5, 0.6) is 5.75 Å². The van der Waals surface area contributed by atoms with Crippen molar-refractivity contribution in [1.29, 1.82) is 0 Å². The zero-order chi connectivity index (χ0) is 13.7. The summed E-state index contributed by atoms with van der Waals surface area (Å²) in [5, 5.41) is 3.41. The van der Waals surface area contributed by atoms with Crippen LogP contribution in [0.2, 0.25) is 0 Å². The first-order valence-corrected chi connectivity index (χ1v) is 7.30. The molecule has 0 aliphatic carbocycles. The highest BCUT2D eigenvalue weighted by atomic mass is 16.5. The molecule has 106 valence electrons. The molecule has 19 heavy (non-hydrogen) atoms. The van der Waals surface area contributed by atoms with Crippen LogP contribution in [0.15, 0.2) is 24.3 Å². The summed E-state index contributed by atoms with van der Waals surface area (Å²) in [5.74, 6) is 1.51. The fourth-order valence-corrected chi connectivity index (χ4v) is 2.68. The third-order valence-electron chi connectivity index (χ3n) is 4.00. The summed E-state index contributed by atoms with van der Waals surface area (Å²) in [5.41, 5.74) is 7.56. The van der Waals surface area contributed by atoms with E-state index in [9.17, 15) is 0 Å². The third kappa shape index (κ3) is 3.48. The van der Waals surface area contributed by atoms with Gasteiger partial charge in [-0.2, -0.15) is 0 Å². The van der Waals surface area contributed by atoms with Crippen molar-refractivity contribution in [3.63, 3.8) is 0 Å². The standard InChI is InChI=1S/C16H26N2O/c1-13(2)11-19-15-5-3-14(4-6-15)16(12-17)7-9-18-10-8-16/h3-6,13,18H,7-12,17H2,1-2H3. The molecular weight excluding hydrogens is 236 g/mol. The quantitative estimate of drug-likeness (QED) is 0.856. The molecule has 3 N–H and O–H groups in total. The fraction of sp³-hybridized carbons (Fsp3) is 0.625. The van der Waals surface area contributed by atoms with Crippen molar-refractivity contribution in [1.82, 2.24) is 5.32 Å². The van der Waals surface area contributed by atoms with Crippen LogP contribution in [0, 0.1) is 5.92 Å². The van der Waals surface area contributed by atoms with E-state index in [0.29, 0.717) is 5.92 Å². The summed E-state index contributed by atoms with van der Waals surface area (Å²) < 4.78 is 5.73. The number of rotatable bonds is 5. The highest BCUT2D eigenvalue weighted by Gasteiger charge is 2.32. The van der Waals surface area contributed by atoms with E-state index in [1.54, 1.807) is 0 Å². The third-order valence-corrected chi connectivity index (χ3v) is 4.00. The largest absolute Gasteiger partial charge is 0.493 e. The normalized spacial score (nSPS) is 18.5. The highest BCUT2D eigenvalue weighted by Crippen LogP contribution is 2.33. The zero-order valence-corrected chi connectivity index (χ0v) is 12.1. The Labute approximate surface area is 116 Å². The van der Waals surface area contributed by atoms with Crippen LogP contribution < -0.4 is 15.8 Å². The molecule has 1 aliphatic rings. The lowest BCUT2D eigenvalue weighted by molar-refractivity contribution is 0.270. The molecule has 0 radical (unpaired) electrons. The molecular formula is C16H26N2O. The van der Waals surface area contributed by atoms with Crippen molar-refractivity contribution >= 4 is 0 Å². The van der Waals surface area contributed by atoms with Crippen LogP contribution in [0.4, 0.5) is 0 Å². The first-order chi connectivity index (χ1) is 9.16. The molecule has 0 aromatic heterocycles. The van der Waals surface area contributed by atoms with E-state index in [1.807, 2.05) is 0 Å². The van der Waals surface area contributed by atoms with Crippen LogP contribution >= 0.6 is 0 Å². The predicted molar refractivity (Wildman–Crippen MR) is 79.6 cm³/mol. The summed E-state index contributed by atoms with van der Waals surface area (Å²) in [6, 6.07) is 8.54. The van der Waals surface area contributed by atoms with Gasteiger partial charge in [0.1, 0.15) is 5.75 Å². The number of ether oxygens (including phenoxy) is 1. The minimum atomic E-state index is 0.155. The lowest BCUT2D eigenvalue weighted by Gasteiger charge is -2.37. The topological polar surface area (TPSA) is 47.3 Å². The minimum absolute atomic E-state index is 0.155. The average molecular weight is 262 g/mol. The smallest absolute Gasteiger partial charge is 0.119 e. The molecule has 3 nitrogen and oxygen atoms in total. The second kappa shape index (κ2) is 6.40. The van der Waals surface area contributed by atoms with Crippen LogP contribution in [-0.2, 0) is 5.41 Å². The first kappa shape index (κ1) is 14.4. The minimum Gasteiger partial charge on any atom is -0.493 e. The lowest BCUT2D eigenvalue weighted by Crippen LogP contribution is -2.44. The molecule has 1 aliphatic heterocycles. The highest BCUT2D eigenvalue weighted by molar-refractivity contribution is 5.33. The molecule has 1 heterocycles. The van der Waals surface area contributed by atoms with Crippen LogP contribution in [0.3, 0.4) is 0 Å². The van der Waals surface area contributed by atoms with E-state index in [-0.39, 0.29) is 5.41 Å². The van der Waals surface area contributed by atoms with Gasteiger partial charge in [0.2, 0.25) is 0 Å². The van der Waals surface area contributed by atoms with Crippen molar-refractivity contribution in [2.24, 2.45) is 11.7 Å². The Bertz CT molecular complexity index is 380. The molecule has 0 saturated carbocycles. The maximum atomic E-state index is 6.05. The van der Waals surface area contributed by atoms with Gasteiger partial charge in [0.05, 0.1) is 6.61 Å². The fourth-order valence-electron chi connectivity index (χ4n) is 2.68. The van der Waals surface area contributed by atoms with E-state index in [2.05, 4.69) is 43.4 Å². The second-order valence-electron chi connectivity index (χ2n) is 5.96. The van der Waals surface area contributed by atoms with Crippen molar-refractivity contribution < 1.29 is 4.74 Å². The molecule has 0 spiro atoms. The van der Waals surface area contributed by atoms with Gasteiger partial charge in [-0.15, -0.1) is 0 Å². The van der Waals surface area contributed by atoms with Gasteiger partial charge in [-0.1, -0.05) is 26.0 Å². The van der Waals surface area contributed by atoms with Crippen molar-refractivity contribution in [3.05, 3.63) is 29.8 Å². The van der Waals surface area contributed by atoms with Crippen LogP contribution in [0.1, 0.15) is 32.3 Å². The lowest BCUT2D eigenvalue weighted by atomic mass is 9.73. The maximum absolute atomic E-state index is 6.05. The Balaban J connectivity index is 2.07. The molecule has 0 bridgehead atoms. The van der Waals surface area contributed by atoms with E-state index in [1.165, 1.54) is 5.56 Å². The summed E-state index contributed by atoms with van der Waals surface area (Å²) in [6.07, 6.45) is 2.24. The average Bonchev–Trinajstić information content (AvgIpc) is 2.46. The van der Waals surface area contributed by atoms with Gasteiger partial charge in [0.25, 0.3) is 0 Å². The van der Waals surface area contributed by atoms with Crippen molar-refractivity contribution in [2.45, 2.75) is 32.1 Å². The number of piperidine rings is 1. The van der Waals surface area contributed by atoms with Gasteiger partial charge >= 0.3 is 0 Å². The van der Waals surface area contributed by atoms with E-state index in [0.717, 1.165) is 44.8 Å². The van der Waals surface area contributed by atoms with Gasteiger partial charge in [0.15, 0.2) is 0 Å². The number of benzene rings is 1.